The van der Waals surface area contributed by atoms with Gasteiger partial charge < -0.3 is 10.2 Å². The standard InChI is InChI=1S/C8H18N2/c1-4-6-9-7-8-10(3)5-2/h5,9H,2,4,6-8H2,1,3H3. The fraction of sp³-hybridized carbons (Fsp3) is 0.750. The summed E-state index contributed by atoms with van der Waals surface area (Å²) in [6.07, 6.45) is 3.05. The van der Waals surface area contributed by atoms with Crippen molar-refractivity contribution >= 4 is 0 Å². The van der Waals surface area contributed by atoms with Crippen molar-refractivity contribution in [2.24, 2.45) is 0 Å². The summed E-state index contributed by atoms with van der Waals surface area (Å²) in [6.45, 7) is 9.04. The molecule has 0 aromatic heterocycles. The Kier molecular flexibility index (Phi) is 6.29. The molecule has 0 heterocycles. The van der Waals surface area contributed by atoms with Crippen LogP contribution in [-0.4, -0.2) is 31.6 Å². The summed E-state index contributed by atoms with van der Waals surface area (Å²) in [7, 11) is 2.03. The molecule has 1 N–H and O–H groups in total. The highest BCUT2D eigenvalue weighted by Gasteiger charge is 1.87. The summed E-state index contributed by atoms with van der Waals surface area (Å²) in [5.41, 5.74) is 0. The molecular weight excluding hydrogens is 124 g/mol. The normalized spacial score (nSPS) is 9.40. The minimum absolute atomic E-state index is 1.05. The molecule has 2 nitrogen and oxygen atoms in total. The van der Waals surface area contributed by atoms with E-state index in [0.717, 1.165) is 19.6 Å². The summed E-state index contributed by atoms with van der Waals surface area (Å²) in [5.74, 6) is 0. The van der Waals surface area contributed by atoms with Crippen LogP contribution in [0.25, 0.3) is 0 Å². The van der Waals surface area contributed by atoms with E-state index in [1.807, 2.05) is 13.2 Å². The van der Waals surface area contributed by atoms with Crippen LogP contribution in [0.4, 0.5) is 0 Å². The van der Waals surface area contributed by atoms with Crippen molar-refractivity contribution in [1.82, 2.24) is 10.2 Å². The van der Waals surface area contributed by atoms with Gasteiger partial charge in [-0.3, -0.25) is 0 Å². The Morgan fingerprint density at radius 1 is 1.50 bits per heavy atom. The van der Waals surface area contributed by atoms with Gasteiger partial charge in [-0.15, -0.1) is 0 Å². The SMILES string of the molecule is C=CN(C)CCNCCC. The third kappa shape index (κ3) is 5.63. The second kappa shape index (κ2) is 6.62. The molecule has 0 aromatic carbocycles. The average molecular weight is 142 g/mol. The largest absolute Gasteiger partial charge is 0.380 e. The predicted molar refractivity (Wildman–Crippen MR) is 46.0 cm³/mol. The van der Waals surface area contributed by atoms with Crippen LogP contribution in [0.15, 0.2) is 12.8 Å². The maximum atomic E-state index is 3.66. The second-order valence-corrected chi connectivity index (χ2v) is 2.41. The molecular formula is C8H18N2. The van der Waals surface area contributed by atoms with E-state index < -0.39 is 0 Å². The molecule has 0 aliphatic carbocycles. The topological polar surface area (TPSA) is 15.3 Å². The Morgan fingerprint density at radius 3 is 2.70 bits per heavy atom. The van der Waals surface area contributed by atoms with E-state index in [9.17, 15) is 0 Å². The van der Waals surface area contributed by atoms with Crippen LogP contribution in [-0.2, 0) is 0 Å². The summed E-state index contributed by atoms with van der Waals surface area (Å²) in [6, 6.07) is 0. The van der Waals surface area contributed by atoms with Gasteiger partial charge in [0.2, 0.25) is 0 Å². The van der Waals surface area contributed by atoms with Crippen LogP contribution in [0.2, 0.25) is 0 Å². The molecule has 0 saturated heterocycles. The Morgan fingerprint density at radius 2 is 2.20 bits per heavy atom. The molecule has 0 aliphatic heterocycles. The van der Waals surface area contributed by atoms with Crippen molar-refractivity contribution in [3.8, 4) is 0 Å². The van der Waals surface area contributed by atoms with Crippen molar-refractivity contribution in [1.29, 1.82) is 0 Å². The van der Waals surface area contributed by atoms with Gasteiger partial charge in [0.25, 0.3) is 0 Å². The summed E-state index contributed by atoms with van der Waals surface area (Å²) >= 11 is 0. The van der Waals surface area contributed by atoms with Gasteiger partial charge in [0.15, 0.2) is 0 Å². The maximum absolute atomic E-state index is 3.66. The van der Waals surface area contributed by atoms with Gasteiger partial charge in [-0.1, -0.05) is 13.5 Å². The third-order valence-corrected chi connectivity index (χ3v) is 1.38. The number of hydrogen-bond donors (Lipinski definition) is 1. The van der Waals surface area contributed by atoms with Crippen LogP contribution in [0, 0.1) is 0 Å². The van der Waals surface area contributed by atoms with E-state index in [-0.39, 0.29) is 0 Å². The monoisotopic (exact) mass is 142 g/mol. The van der Waals surface area contributed by atoms with E-state index in [1.165, 1.54) is 6.42 Å². The molecule has 0 rings (SSSR count). The number of likely N-dealkylation sites (N-methyl/N-ethyl adjacent to an activating group) is 1. The molecule has 0 aromatic rings. The van der Waals surface area contributed by atoms with Crippen molar-refractivity contribution in [3.63, 3.8) is 0 Å². The minimum Gasteiger partial charge on any atom is -0.380 e. The molecule has 0 spiro atoms. The van der Waals surface area contributed by atoms with Crippen LogP contribution in [0.1, 0.15) is 13.3 Å². The highest BCUT2D eigenvalue weighted by atomic mass is 15.1. The summed E-state index contributed by atoms with van der Waals surface area (Å²) in [5, 5.41) is 3.31. The summed E-state index contributed by atoms with van der Waals surface area (Å²) < 4.78 is 0. The zero-order valence-corrected chi connectivity index (χ0v) is 7.06. The smallest absolute Gasteiger partial charge is 0.0294 e. The van der Waals surface area contributed by atoms with Crippen molar-refractivity contribution in [2.75, 3.05) is 26.7 Å². The Balaban J connectivity index is 2.95. The number of rotatable bonds is 6. The highest BCUT2D eigenvalue weighted by molar-refractivity contribution is 4.66. The highest BCUT2D eigenvalue weighted by Crippen LogP contribution is 1.78. The number of hydrogen-bond acceptors (Lipinski definition) is 2. The molecule has 0 saturated carbocycles. The van der Waals surface area contributed by atoms with Gasteiger partial charge in [0.1, 0.15) is 0 Å². The van der Waals surface area contributed by atoms with Gasteiger partial charge in [-0.05, 0) is 19.2 Å². The first kappa shape index (κ1) is 9.50. The van der Waals surface area contributed by atoms with Gasteiger partial charge >= 0.3 is 0 Å². The first-order valence-electron chi connectivity index (χ1n) is 3.84. The zero-order valence-electron chi connectivity index (χ0n) is 7.06. The Hall–Kier alpha value is -0.500. The molecule has 60 valence electrons. The lowest BCUT2D eigenvalue weighted by molar-refractivity contribution is 0.443. The van der Waals surface area contributed by atoms with E-state index in [4.69, 9.17) is 0 Å². The molecule has 0 amide bonds. The number of nitrogens with one attached hydrogen (secondary N) is 1. The summed E-state index contributed by atoms with van der Waals surface area (Å²) in [4.78, 5) is 2.07. The Bertz CT molecular complexity index is 81.3. The Labute approximate surface area is 63.9 Å². The quantitative estimate of drug-likeness (QED) is 0.558. The maximum Gasteiger partial charge on any atom is 0.0294 e. The zero-order chi connectivity index (χ0) is 7.82. The first-order chi connectivity index (χ1) is 4.81. The van der Waals surface area contributed by atoms with E-state index >= 15 is 0 Å². The number of nitrogens with zero attached hydrogens (tertiary/aromatic N) is 1. The van der Waals surface area contributed by atoms with Crippen LogP contribution < -0.4 is 5.32 Å². The third-order valence-electron chi connectivity index (χ3n) is 1.38. The second-order valence-electron chi connectivity index (χ2n) is 2.41. The fourth-order valence-corrected chi connectivity index (χ4v) is 0.648. The fourth-order valence-electron chi connectivity index (χ4n) is 0.648. The van der Waals surface area contributed by atoms with Crippen LogP contribution in [0.3, 0.4) is 0 Å². The van der Waals surface area contributed by atoms with Crippen molar-refractivity contribution < 1.29 is 0 Å². The molecule has 0 aliphatic rings. The lowest BCUT2D eigenvalue weighted by Gasteiger charge is -2.12. The minimum atomic E-state index is 1.05. The predicted octanol–water partition coefficient (Wildman–Crippen LogP) is 1.06. The lowest BCUT2D eigenvalue weighted by atomic mass is 10.4. The molecule has 10 heavy (non-hydrogen) atoms. The van der Waals surface area contributed by atoms with Gasteiger partial charge in [0.05, 0.1) is 0 Å². The van der Waals surface area contributed by atoms with Gasteiger partial charge in [0, 0.05) is 20.1 Å². The molecule has 0 unspecified atom stereocenters. The van der Waals surface area contributed by atoms with E-state index in [0.29, 0.717) is 0 Å². The molecule has 2 heteroatoms. The molecule has 0 fully saturated rings. The van der Waals surface area contributed by atoms with E-state index in [2.05, 4.69) is 23.7 Å². The van der Waals surface area contributed by atoms with Gasteiger partial charge in [-0.2, -0.15) is 0 Å². The van der Waals surface area contributed by atoms with E-state index in [1.54, 1.807) is 0 Å². The van der Waals surface area contributed by atoms with Crippen LogP contribution >= 0.6 is 0 Å². The molecule has 0 bridgehead atoms. The lowest BCUT2D eigenvalue weighted by Crippen LogP contribution is -2.26. The van der Waals surface area contributed by atoms with Crippen molar-refractivity contribution in [2.45, 2.75) is 13.3 Å². The average Bonchev–Trinajstić information content (AvgIpc) is 1.98. The van der Waals surface area contributed by atoms with Crippen molar-refractivity contribution in [3.05, 3.63) is 12.8 Å². The van der Waals surface area contributed by atoms with Gasteiger partial charge in [-0.25, -0.2) is 0 Å². The first-order valence-corrected chi connectivity index (χ1v) is 3.84. The van der Waals surface area contributed by atoms with Crippen LogP contribution in [0.5, 0.6) is 0 Å². The molecule has 0 radical (unpaired) electrons. The molecule has 0 atom stereocenters.